The van der Waals surface area contributed by atoms with Crippen molar-refractivity contribution >= 4 is 29.1 Å². The van der Waals surface area contributed by atoms with Gasteiger partial charge in [-0.05, 0) is 25.1 Å². The monoisotopic (exact) mass is 311 g/mol. The lowest BCUT2D eigenvalue weighted by molar-refractivity contribution is 0.204. The third-order valence-electron chi connectivity index (χ3n) is 3.15. The van der Waals surface area contributed by atoms with Crippen LogP contribution in [-0.4, -0.2) is 55.5 Å². The molecule has 1 aliphatic heterocycles. The summed E-state index contributed by atoms with van der Waals surface area (Å²) in [6, 6.07) is 1.85. The van der Waals surface area contributed by atoms with Gasteiger partial charge in [0.05, 0.1) is 13.7 Å². The van der Waals surface area contributed by atoms with Crippen LogP contribution < -0.4 is 20.3 Å². The highest BCUT2D eigenvalue weighted by atomic mass is 32.1. The van der Waals surface area contributed by atoms with Crippen LogP contribution in [-0.2, 0) is 4.74 Å². The van der Waals surface area contributed by atoms with Crippen LogP contribution in [0.25, 0.3) is 0 Å². The Labute approximate surface area is 130 Å². The minimum atomic E-state index is 0.436. The number of nitrogens with one attached hydrogen (secondary N) is 2. The van der Waals surface area contributed by atoms with Gasteiger partial charge < -0.3 is 25.0 Å². The third-order valence-corrected chi connectivity index (χ3v) is 3.39. The molecule has 2 N–H and O–H groups in total. The number of rotatable bonds is 6. The van der Waals surface area contributed by atoms with E-state index in [4.69, 9.17) is 21.7 Å². The first-order chi connectivity index (χ1) is 10.2. The standard InChI is InChI=1S/C13H21N5O2S/c1-19-8-5-14-13(21)17-12-15-10(9-11(16-12)20-2)18-6-3-4-7-18/h9H,3-8H2,1-2H3,(H2,14,15,16,17,21). The van der Waals surface area contributed by atoms with Gasteiger partial charge in [0.15, 0.2) is 5.11 Å². The van der Waals surface area contributed by atoms with Crippen molar-refractivity contribution in [1.82, 2.24) is 15.3 Å². The number of methoxy groups -OCH3 is 2. The molecule has 1 aromatic rings. The zero-order valence-corrected chi connectivity index (χ0v) is 13.2. The molecule has 0 unspecified atom stereocenters. The van der Waals surface area contributed by atoms with E-state index < -0.39 is 0 Å². The number of aromatic nitrogens is 2. The van der Waals surface area contributed by atoms with Gasteiger partial charge in [0.25, 0.3) is 0 Å². The molecule has 21 heavy (non-hydrogen) atoms. The molecule has 0 atom stereocenters. The molecule has 0 aromatic carbocycles. The van der Waals surface area contributed by atoms with E-state index in [-0.39, 0.29) is 0 Å². The Morgan fingerprint density at radius 2 is 2.10 bits per heavy atom. The van der Waals surface area contributed by atoms with Gasteiger partial charge in [-0.1, -0.05) is 0 Å². The highest BCUT2D eigenvalue weighted by Gasteiger charge is 2.16. The second kappa shape index (κ2) is 7.94. The summed E-state index contributed by atoms with van der Waals surface area (Å²) in [6.45, 7) is 3.23. The summed E-state index contributed by atoms with van der Waals surface area (Å²) in [5.41, 5.74) is 0. The molecule has 8 heteroatoms. The van der Waals surface area contributed by atoms with E-state index in [0.29, 0.717) is 30.1 Å². The fourth-order valence-corrected chi connectivity index (χ4v) is 2.29. The maximum atomic E-state index is 5.23. The van der Waals surface area contributed by atoms with E-state index in [1.165, 1.54) is 12.8 Å². The van der Waals surface area contributed by atoms with Gasteiger partial charge >= 0.3 is 0 Å². The zero-order valence-electron chi connectivity index (χ0n) is 12.4. The van der Waals surface area contributed by atoms with Gasteiger partial charge in [-0.2, -0.15) is 9.97 Å². The van der Waals surface area contributed by atoms with E-state index >= 15 is 0 Å². The SMILES string of the molecule is COCCNC(=S)Nc1nc(OC)cc(N2CCCC2)n1. The number of ether oxygens (including phenoxy) is 2. The Balaban J connectivity index is 2.03. The highest BCUT2D eigenvalue weighted by molar-refractivity contribution is 7.80. The number of anilines is 2. The molecule has 1 aliphatic rings. The molecule has 0 radical (unpaired) electrons. The second-order valence-corrected chi connectivity index (χ2v) is 5.07. The molecular weight excluding hydrogens is 290 g/mol. The molecule has 0 spiro atoms. The summed E-state index contributed by atoms with van der Waals surface area (Å²) in [5.74, 6) is 1.82. The fourth-order valence-electron chi connectivity index (χ4n) is 2.09. The van der Waals surface area contributed by atoms with Crippen LogP contribution in [0.2, 0.25) is 0 Å². The number of hydrogen-bond donors (Lipinski definition) is 2. The van der Waals surface area contributed by atoms with Crippen LogP contribution in [0, 0.1) is 0 Å². The lowest BCUT2D eigenvalue weighted by atomic mass is 10.4. The zero-order chi connectivity index (χ0) is 15.1. The van der Waals surface area contributed by atoms with Gasteiger partial charge in [-0.15, -0.1) is 0 Å². The van der Waals surface area contributed by atoms with Crippen LogP contribution in [0.4, 0.5) is 11.8 Å². The first-order valence-electron chi connectivity index (χ1n) is 6.94. The molecule has 1 fully saturated rings. The normalized spacial score (nSPS) is 14.1. The Morgan fingerprint density at radius 3 is 2.76 bits per heavy atom. The molecule has 116 valence electrons. The molecular formula is C13H21N5O2S. The molecule has 7 nitrogen and oxygen atoms in total. The molecule has 0 aliphatic carbocycles. The van der Waals surface area contributed by atoms with E-state index in [2.05, 4.69) is 25.5 Å². The largest absolute Gasteiger partial charge is 0.481 e. The molecule has 1 aromatic heterocycles. The maximum absolute atomic E-state index is 5.23. The first-order valence-corrected chi connectivity index (χ1v) is 7.35. The maximum Gasteiger partial charge on any atom is 0.234 e. The Hall–Kier alpha value is -1.67. The van der Waals surface area contributed by atoms with Gasteiger partial charge in [0.1, 0.15) is 5.82 Å². The van der Waals surface area contributed by atoms with Crippen LogP contribution >= 0.6 is 12.2 Å². The van der Waals surface area contributed by atoms with Crippen LogP contribution in [0.15, 0.2) is 6.07 Å². The van der Waals surface area contributed by atoms with Gasteiger partial charge in [-0.3, -0.25) is 0 Å². The van der Waals surface area contributed by atoms with Gasteiger partial charge in [0.2, 0.25) is 11.8 Å². The topological polar surface area (TPSA) is 71.5 Å². The predicted octanol–water partition coefficient (Wildman–Crippen LogP) is 1.02. The quantitative estimate of drug-likeness (QED) is 0.596. The fraction of sp³-hybridized carbons (Fsp3) is 0.615. The van der Waals surface area contributed by atoms with Crippen molar-refractivity contribution in [3.63, 3.8) is 0 Å². The average Bonchev–Trinajstić information content (AvgIpc) is 3.01. The lowest BCUT2D eigenvalue weighted by Crippen LogP contribution is -2.32. The average molecular weight is 311 g/mol. The van der Waals surface area contributed by atoms with Crippen molar-refractivity contribution in [3.8, 4) is 5.88 Å². The Morgan fingerprint density at radius 1 is 1.33 bits per heavy atom. The smallest absolute Gasteiger partial charge is 0.234 e. The van der Waals surface area contributed by atoms with Crippen molar-refractivity contribution < 1.29 is 9.47 Å². The molecule has 2 heterocycles. The van der Waals surface area contributed by atoms with Gasteiger partial charge in [0, 0.05) is 32.8 Å². The summed E-state index contributed by atoms with van der Waals surface area (Å²) in [5, 5.41) is 6.46. The van der Waals surface area contributed by atoms with Gasteiger partial charge in [-0.25, -0.2) is 0 Å². The number of thiocarbonyl (C=S) groups is 1. The Bertz CT molecular complexity index is 480. The molecule has 0 bridgehead atoms. The summed E-state index contributed by atoms with van der Waals surface area (Å²) in [6.07, 6.45) is 2.37. The molecule has 0 saturated carbocycles. The van der Waals surface area contributed by atoms with E-state index in [1.54, 1.807) is 14.2 Å². The highest BCUT2D eigenvalue weighted by Crippen LogP contribution is 2.23. The van der Waals surface area contributed by atoms with Crippen LogP contribution in [0.1, 0.15) is 12.8 Å². The first kappa shape index (κ1) is 15.7. The van der Waals surface area contributed by atoms with Crippen molar-refractivity contribution in [3.05, 3.63) is 6.07 Å². The predicted molar refractivity (Wildman–Crippen MR) is 86.1 cm³/mol. The summed E-state index contributed by atoms with van der Waals surface area (Å²) >= 11 is 5.19. The van der Waals surface area contributed by atoms with Crippen molar-refractivity contribution in [1.29, 1.82) is 0 Å². The molecule has 0 amide bonds. The van der Waals surface area contributed by atoms with E-state index in [1.807, 2.05) is 6.07 Å². The minimum absolute atomic E-state index is 0.436. The summed E-state index contributed by atoms with van der Waals surface area (Å²) < 4.78 is 10.2. The van der Waals surface area contributed by atoms with E-state index in [0.717, 1.165) is 18.9 Å². The minimum Gasteiger partial charge on any atom is -0.481 e. The summed E-state index contributed by atoms with van der Waals surface area (Å²) in [7, 11) is 3.24. The number of nitrogens with zero attached hydrogens (tertiary/aromatic N) is 3. The van der Waals surface area contributed by atoms with Crippen molar-refractivity contribution in [2.45, 2.75) is 12.8 Å². The van der Waals surface area contributed by atoms with Crippen LogP contribution in [0.5, 0.6) is 5.88 Å². The molecule has 2 rings (SSSR count). The van der Waals surface area contributed by atoms with Crippen molar-refractivity contribution in [2.24, 2.45) is 0 Å². The Kier molecular flexibility index (Phi) is 5.94. The molecule has 1 saturated heterocycles. The number of hydrogen-bond acceptors (Lipinski definition) is 6. The third kappa shape index (κ3) is 4.68. The van der Waals surface area contributed by atoms with Crippen LogP contribution in [0.3, 0.4) is 0 Å². The second-order valence-electron chi connectivity index (χ2n) is 4.66. The van der Waals surface area contributed by atoms with E-state index in [9.17, 15) is 0 Å². The lowest BCUT2D eigenvalue weighted by Gasteiger charge is -2.18. The summed E-state index contributed by atoms with van der Waals surface area (Å²) in [4.78, 5) is 11.0. The van der Waals surface area contributed by atoms with Crippen molar-refractivity contribution in [2.75, 3.05) is 50.7 Å².